The molecule has 182 valence electrons. The number of unbranched alkanes of at least 4 members (excludes halogenated alkanes) is 5. The summed E-state index contributed by atoms with van der Waals surface area (Å²) in [5.41, 5.74) is 0.567. The van der Waals surface area contributed by atoms with Gasteiger partial charge < -0.3 is 4.74 Å². The number of hydrogen-bond acceptors (Lipinski definition) is 1. The molecule has 0 radical (unpaired) electrons. The number of benzene rings is 1. The van der Waals surface area contributed by atoms with E-state index in [0.29, 0.717) is 12.2 Å². The quantitative estimate of drug-likeness (QED) is 0.289. The molecule has 3 heteroatoms. The normalized spacial score (nSPS) is 26.2. The maximum Gasteiger partial charge on any atom is 0.200 e. The first-order valence-corrected chi connectivity index (χ1v) is 13.7. The monoisotopic (exact) mass is 448 g/mol. The maximum absolute atomic E-state index is 14.8. The summed E-state index contributed by atoms with van der Waals surface area (Å²) in [6.07, 6.45) is 19.9. The van der Waals surface area contributed by atoms with Crippen LogP contribution in [0.1, 0.15) is 128 Å². The molecule has 0 aromatic heterocycles. The van der Waals surface area contributed by atoms with Crippen LogP contribution in [0.5, 0.6) is 5.75 Å². The van der Waals surface area contributed by atoms with Crippen LogP contribution in [-0.2, 0) is 0 Å². The lowest BCUT2D eigenvalue weighted by Gasteiger charge is -2.38. The van der Waals surface area contributed by atoms with Crippen LogP contribution in [0.15, 0.2) is 12.1 Å². The Morgan fingerprint density at radius 2 is 1.34 bits per heavy atom. The SMILES string of the molecule is CCCCCCC1CCC(C2CCC(c3ccc(OCCCCC)c(F)c3F)CC2)CC1. The molecule has 0 N–H and O–H groups in total. The molecule has 2 aliphatic rings. The van der Waals surface area contributed by atoms with E-state index in [4.69, 9.17) is 4.74 Å². The van der Waals surface area contributed by atoms with E-state index < -0.39 is 11.6 Å². The topological polar surface area (TPSA) is 9.23 Å². The molecule has 2 fully saturated rings. The summed E-state index contributed by atoms with van der Waals surface area (Å²) in [5, 5.41) is 0. The molecular weight excluding hydrogens is 402 g/mol. The molecule has 0 saturated heterocycles. The minimum Gasteiger partial charge on any atom is -0.490 e. The molecule has 1 aromatic carbocycles. The fourth-order valence-corrected chi connectivity index (χ4v) is 6.22. The molecule has 2 saturated carbocycles. The van der Waals surface area contributed by atoms with Crippen molar-refractivity contribution >= 4 is 0 Å². The van der Waals surface area contributed by atoms with Crippen molar-refractivity contribution in [2.24, 2.45) is 17.8 Å². The summed E-state index contributed by atoms with van der Waals surface area (Å²) >= 11 is 0. The van der Waals surface area contributed by atoms with Crippen LogP contribution in [-0.4, -0.2) is 6.61 Å². The van der Waals surface area contributed by atoms with Gasteiger partial charge in [0, 0.05) is 0 Å². The third-order valence-corrected chi connectivity index (χ3v) is 8.32. The molecule has 0 atom stereocenters. The van der Waals surface area contributed by atoms with Gasteiger partial charge >= 0.3 is 0 Å². The van der Waals surface area contributed by atoms with E-state index in [9.17, 15) is 8.78 Å². The maximum atomic E-state index is 14.8. The van der Waals surface area contributed by atoms with E-state index in [1.807, 2.05) is 0 Å². The number of halogens is 2. The van der Waals surface area contributed by atoms with Crippen molar-refractivity contribution in [3.8, 4) is 5.75 Å². The van der Waals surface area contributed by atoms with Gasteiger partial charge in [0.15, 0.2) is 11.6 Å². The first-order chi connectivity index (χ1) is 15.6. The zero-order chi connectivity index (χ0) is 22.8. The second-order valence-electron chi connectivity index (χ2n) is 10.6. The predicted octanol–water partition coefficient (Wildman–Crippen LogP) is 9.58. The summed E-state index contributed by atoms with van der Waals surface area (Å²) in [7, 11) is 0. The van der Waals surface area contributed by atoms with Crippen LogP contribution in [0.2, 0.25) is 0 Å². The molecule has 1 nitrogen and oxygen atoms in total. The van der Waals surface area contributed by atoms with E-state index in [1.165, 1.54) is 70.6 Å². The predicted molar refractivity (Wildman–Crippen MR) is 130 cm³/mol. The fourth-order valence-electron chi connectivity index (χ4n) is 6.22. The van der Waals surface area contributed by atoms with Gasteiger partial charge in [0.05, 0.1) is 6.61 Å². The Morgan fingerprint density at radius 3 is 2.00 bits per heavy atom. The third-order valence-electron chi connectivity index (χ3n) is 8.32. The minimum atomic E-state index is -0.793. The Hall–Kier alpha value is -1.12. The van der Waals surface area contributed by atoms with E-state index >= 15 is 0 Å². The second kappa shape index (κ2) is 13.6. The van der Waals surface area contributed by atoms with Gasteiger partial charge in [-0.15, -0.1) is 0 Å². The zero-order valence-corrected chi connectivity index (χ0v) is 20.6. The first-order valence-electron chi connectivity index (χ1n) is 13.7. The van der Waals surface area contributed by atoms with Gasteiger partial charge in [0.2, 0.25) is 5.82 Å². The molecule has 0 amide bonds. The van der Waals surface area contributed by atoms with Gasteiger partial charge in [-0.25, -0.2) is 4.39 Å². The molecule has 0 spiro atoms. The summed E-state index contributed by atoms with van der Waals surface area (Å²) in [6.45, 7) is 4.85. The smallest absolute Gasteiger partial charge is 0.200 e. The van der Waals surface area contributed by atoms with E-state index in [0.717, 1.165) is 49.9 Å². The van der Waals surface area contributed by atoms with Crippen LogP contribution >= 0.6 is 0 Å². The molecule has 32 heavy (non-hydrogen) atoms. The van der Waals surface area contributed by atoms with Crippen LogP contribution in [0.3, 0.4) is 0 Å². The van der Waals surface area contributed by atoms with Gasteiger partial charge in [-0.05, 0) is 80.2 Å². The van der Waals surface area contributed by atoms with Crippen molar-refractivity contribution in [1.29, 1.82) is 0 Å². The zero-order valence-electron chi connectivity index (χ0n) is 20.6. The minimum absolute atomic E-state index is 0.0718. The van der Waals surface area contributed by atoms with E-state index in [-0.39, 0.29) is 11.7 Å². The van der Waals surface area contributed by atoms with Crippen molar-refractivity contribution in [3.05, 3.63) is 29.3 Å². The Labute approximate surface area is 195 Å². The van der Waals surface area contributed by atoms with Crippen LogP contribution in [0.4, 0.5) is 8.78 Å². The van der Waals surface area contributed by atoms with Crippen molar-refractivity contribution in [2.45, 2.75) is 122 Å². The molecule has 2 aliphatic carbocycles. The molecule has 0 unspecified atom stereocenters. The molecule has 0 heterocycles. The van der Waals surface area contributed by atoms with Gasteiger partial charge in [0.1, 0.15) is 0 Å². The van der Waals surface area contributed by atoms with Gasteiger partial charge in [0.25, 0.3) is 0 Å². The number of ether oxygens (including phenoxy) is 1. The Morgan fingerprint density at radius 1 is 0.719 bits per heavy atom. The van der Waals surface area contributed by atoms with Gasteiger partial charge in [-0.2, -0.15) is 4.39 Å². The highest BCUT2D eigenvalue weighted by Crippen LogP contribution is 2.45. The van der Waals surface area contributed by atoms with Crippen molar-refractivity contribution in [1.82, 2.24) is 0 Å². The fraction of sp³-hybridized carbons (Fsp3) is 0.793. The highest BCUT2D eigenvalue weighted by atomic mass is 19.2. The second-order valence-corrected chi connectivity index (χ2v) is 10.6. The Kier molecular flexibility index (Phi) is 10.8. The lowest BCUT2D eigenvalue weighted by atomic mass is 9.68. The number of rotatable bonds is 12. The molecule has 3 rings (SSSR count). The van der Waals surface area contributed by atoms with Crippen molar-refractivity contribution in [3.63, 3.8) is 0 Å². The summed E-state index contributed by atoms with van der Waals surface area (Å²) in [6, 6.07) is 3.43. The van der Waals surface area contributed by atoms with Crippen molar-refractivity contribution < 1.29 is 13.5 Å². The summed E-state index contributed by atoms with van der Waals surface area (Å²) in [5.74, 6) is 1.37. The number of hydrogen-bond donors (Lipinski definition) is 0. The van der Waals surface area contributed by atoms with E-state index in [2.05, 4.69) is 13.8 Å². The Bertz CT molecular complexity index is 657. The standard InChI is InChI=1S/C29H46F2O/c1-3-5-7-8-10-22-11-13-23(14-12-22)24-15-17-25(18-16-24)26-19-20-27(29(31)28(26)30)32-21-9-6-4-2/h19-20,22-25H,3-18,21H2,1-2H3. The average molecular weight is 449 g/mol. The highest BCUT2D eigenvalue weighted by molar-refractivity contribution is 5.33. The van der Waals surface area contributed by atoms with Crippen molar-refractivity contribution in [2.75, 3.05) is 6.61 Å². The molecule has 0 bridgehead atoms. The third kappa shape index (κ3) is 7.19. The lowest BCUT2D eigenvalue weighted by Crippen LogP contribution is -2.25. The Balaban J connectivity index is 1.43. The van der Waals surface area contributed by atoms with Crippen LogP contribution in [0, 0.1) is 29.4 Å². The summed E-state index contributed by atoms with van der Waals surface area (Å²) < 4.78 is 34.9. The van der Waals surface area contributed by atoms with Gasteiger partial charge in [-0.3, -0.25) is 0 Å². The first kappa shape index (κ1) is 25.5. The van der Waals surface area contributed by atoms with Crippen LogP contribution < -0.4 is 4.74 Å². The molecule has 1 aromatic rings. The van der Waals surface area contributed by atoms with Crippen LogP contribution in [0.25, 0.3) is 0 Å². The summed E-state index contributed by atoms with van der Waals surface area (Å²) in [4.78, 5) is 0. The van der Waals surface area contributed by atoms with Gasteiger partial charge in [-0.1, -0.05) is 77.7 Å². The largest absolute Gasteiger partial charge is 0.490 e. The molecular formula is C29H46F2O. The average Bonchev–Trinajstić information content (AvgIpc) is 2.83. The molecule has 0 aliphatic heterocycles. The van der Waals surface area contributed by atoms with E-state index in [1.54, 1.807) is 12.1 Å². The lowest BCUT2D eigenvalue weighted by molar-refractivity contribution is 0.155. The highest BCUT2D eigenvalue weighted by Gasteiger charge is 2.32.